The second-order valence-electron chi connectivity index (χ2n) is 2.60. The predicted molar refractivity (Wildman–Crippen MR) is 63.8 cm³/mol. The molecular formula is C9H13ClN2O5. The van der Waals surface area contributed by atoms with E-state index >= 15 is 0 Å². The molecule has 6 N–H and O–H groups in total. The van der Waals surface area contributed by atoms with Gasteiger partial charge in [-0.3, -0.25) is 0 Å². The summed E-state index contributed by atoms with van der Waals surface area (Å²) >= 11 is 0. The highest BCUT2D eigenvalue weighted by Crippen LogP contribution is 2.21. The zero-order valence-corrected chi connectivity index (χ0v) is 9.73. The summed E-state index contributed by atoms with van der Waals surface area (Å²) in [7, 11) is 1.44. The molecule has 7 nitrogen and oxygen atoms in total. The number of aromatic carboxylic acids is 1. The summed E-state index contributed by atoms with van der Waals surface area (Å²) in [5, 5.41) is 15.8. The van der Waals surface area contributed by atoms with Gasteiger partial charge in [-0.15, -0.1) is 12.4 Å². The third-order valence-corrected chi connectivity index (χ3v) is 1.48. The van der Waals surface area contributed by atoms with Crippen molar-refractivity contribution in [2.75, 3.05) is 12.8 Å². The van der Waals surface area contributed by atoms with Crippen molar-refractivity contribution < 1.29 is 24.5 Å². The third kappa shape index (κ3) is 6.85. The number of carbonyl (C=O) groups is 2. The van der Waals surface area contributed by atoms with E-state index in [0.29, 0.717) is 11.4 Å². The number of halogens is 1. The number of primary amides is 1. The lowest BCUT2D eigenvalue weighted by Crippen LogP contribution is -2.03. The third-order valence-electron chi connectivity index (χ3n) is 1.48. The average Bonchev–Trinajstić information content (AvgIpc) is 2.17. The van der Waals surface area contributed by atoms with Crippen molar-refractivity contribution in [3.8, 4) is 5.75 Å². The van der Waals surface area contributed by atoms with Crippen LogP contribution < -0.4 is 16.2 Å². The topological polar surface area (TPSA) is 136 Å². The van der Waals surface area contributed by atoms with E-state index in [-0.39, 0.29) is 18.0 Å². The SMILES string of the molecule is COc1cc(C(=O)O)ccc1N.Cl.NC(=O)O. The summed E-state index contributed by atoms with van der Waals surface area (Å²) in [5.74, 6) is -0.608. The number of carboxylic acids is 1. The quantitative estimate of drug-likeness (QED) is 0.589. The first-order valence-corrected chi connectivity index (χ1v) is 4.03. The Labute approximate surface area is 103 Å². The average molecular weight is 265 g/mol. The van der Waals surface area contributed by atoms with Crippen molar-refractivity contribution in [2.24, 2.45) is 5.73 Å². The lowest BCUT2D eigenvalue weighted by Gasteiger charge is -2.03. The highest BCUT2D eigenvalue weighted by atomic mass is 35.5. The summed E-state index contributed by atoms with van der Waals surface area (Å²) in [4.78, 5) is 19.3. The van der Waals surface area contributed by atoms with Crippen molar-refractivity contribution in [1.82, 2.24) is 0 Å². The van der Waals surface area contributed by atoms with E-state index in [9.17, 15) is 4.79 Å². The number of ether oxygens (including phenoxy) is 1. The number of carboxylic acid groups (broad SMARTS) is 2. The molecule has 0 spiro atoms. The number of anilines is 1. The molecule has 0 radical (unpaired) electrons. The molecule has 0 fully saturated rings. The summed E-state index contributed by atoms with van der Waals surface area (Å²) < 4.78 is 4.85. The Balaban J connectivity index is 0. The molecule has 0 atom stereocenters. The van der Waals surface area contributed by atoms with Gasteiger partial charge in [0.1, 0.15) is 5.75 Å². The highest BCUT2D eigenvalue weighted by Gasteiger charge is 2.05. The second kappa shape index (κ2) is 8.05. The van der Waals surface area contributed by atoms with Crippen LogP contribution >= 0.6 is 12.4 Å². The molecule has 17 heavy (non-hydrogen) atoms. The van der Waals surface area contributed by atoms with Gasteiger partial charge in [0.2, 0.25) is 0 Å². The van der Waals surface area contributed by atoms with Crippen molar-refractivity contribution in [1.29, 1.82) is 0 Å². The van der Waals surface area contributed by atoms with E-state index in [0.717, 1.165) is 0 Å². The second-order valence-corrected chi connectivity index (χ2v) is 2.60. The van der Waals surface area contributed by atoms with Gasteiger partial charge in [0, 0.05) is 0 Å². The molecule has 1 amide bonds. The standard InChI is InChI=1S/C8H9NO3.CH3NO2.ClH/c1-12-7-4-5(8(10)11)2-3-6(7)9;2-1(3)4;/h2-4H,9H2,1H3,(H,10,11);2H2,(H,3,4);1H. The van der Waals surface area contributed by atoms with Gasteiger partial charge in [-0.2, -0.15) is 0 Å². The molecule has 0 bridgehead atoms. The van der Waals surface area contributed by atoms with E-state index in [1.807, 2.05) is 0 Å². The minimum absolute atomic E-state index is 0. The summed E-state index contributed by atoms with van der Waals surface area (Å²) in [6, 6.07) is 4.32. The Bertz CT molecular complexity index is 393. The van der Waals surface area contributed by atoms with Crippen LogP contribution in [0, 0.1) is 0 Å². The van der Waals surface area contributed by atoms with Gasteiger partial charge in [-0.25, -0.2) is 9.59 Å². The molecule has 0 aliphatic heterocycles. The van der Waals surface area contributed by atoms with Crippen LogP contribution in [0.1, 0.15) is 10.4 Å². The molecule has 0 aliphatic rings. The molecule has 1 aromatic rings. The van der Waals surface area contributed by atoms with E-state index in [2.05, 4.69) is 5.73 Å². The Morgan fingerprint density at radius 2 is 1.76 bits per heavy atom. The molecule has 0 saturated carbocycles. The molecule has 0 aliphatic carbocycles. The zero-order chi connectivity index (χ0) is 12.7. The maximum Gasteiger partial charge on any atom is 0.402 e. The largest absolute Gasteiger partial charge is 0.495 e. The van der Waals surface area contributed by atoms with E-state index in [1.165, 1.54) is 25.3 Å². The Kier molecular flexibility index (Phi) is 8.17. The minimum Gasteiger partial charge on any atom is -0.495 e. The summed E-state index contributed by atoms with van der Waals surface area (Å²) in [6.07, 6.45) is -1.33. The number of nitrogen functional groups attached to an aromatic ring is 1. The molecule has 1 aromatic carbocycles. The van der Waals surface area contributed by atoms with Gasteiger partial charge in [0.15, 0.2) is 0 Å². The Morgan fingerprint density at radius 1 is 1.29 bits per heavy atom. The predicted octanol–water partition coefficient (Wildman–Crippen LogP) is 1.02. The number of rotatable bonds is 2. The van der Waals surface area contributed by atoms with Crippen LogP contribution in [0.4, 0.5) is 10.5 Å². The van der Waals surface area contributed by atoms with Crippen molar-refractivity contribution in [3.63, 3.8) is 0 Å². The molecular weight excluding hydrogens is 252 g/mol. The van der Waals surface area contributed by atoms with Crippen molar-refractivity contribution in [3.05, 3.63) is 23.8 Å². The zero-order valence-electron chi connectivity index (χ0n) is 8.91. The minimum atomic E-state index is -1.33. The van der Waals surface area contributed by atoms with Crippen LogP contribution in [0.3, 0.4) is 0 Å². The first kappa shape index (κ1) is 17.3. The number of amides is 1. The van der Waals surface area contributed by atoms with E-state index < -0.39 is 12.1 Å². The molecule has 0 unspecified atom stereocenters. The number of methoxy groups -OCH3 is 1. The van der Waals surface area contributed by atoms with Gasteiger partial charge in [0.25, 0.3) is 0 Å². The van der Waals surface area contributed by atoms with Gasteiger partial charge in [-0.1, -0.05) is 0 Å². The van der Waals surface area contributed by atoms with Crippen LogP contribution in [0.2, 0.25) is 0 Å². The molecule has 96 valence electrons. The van der Waals surface area contributed by atoms with E-state index in [4.69, 9.17) is 25.5 Å². The van der Waals surface area contributed by atoms with Gasteiger partial charge >= 0.3 is 12.1 Å². The Morgan fingerprint density at radius 3 is 2.12 bits per heavy atom. The van der Waals surface area contributed by atoms with Crippen LogP contribution in [-0.4, -0.2) is 29.4 Å². The molecule has 1 rings (SSSR count). The number of hydrogen-bond donors (Lipinski definition) is 4. The van der Waals surface area contributed by atoms with Crippen LogP contribution in [0.5, 0.6) is 5.75 Å². The highest BCUT2D eigenvalue weighted by molar-refractivity contribution is 5.89. The normalized spacial score (nSPS) is 8.06. The van der Waals surface area contributed by atoms with Crippen LogP contribution in [0.15, 0.2) is 18.2 Å². The van der Waals surface area contributed by atoms with Crippen LogP contribution in [-0.2, 0) is 0 Å². The maximum absolute atomic E-state index is 10.5. The first-order chi connectivity index (χ1) is 7.38. The monoisotopic (exact) mass is 264 g/mol. The number of benzene rings is 1. The molecule has 8 heteroatoms. The van der Waals surface area contributed by atoms with Gasteiger partial charge in [-0.05, 0) is 18.2 Å². The fourth-order valence-electron chi connectivity index (χ4n) is 0.844. The van der Waals surface area contributed by atoms with Crippen LogP contribution in [0.25, 0.3) is 0 Å². The maximum atomic E-state index is 10.5. The van der Waals surface area contributed by atoms with Crippen molar-refractivity contribution >= 4 is 30.2 Å². The molecule has 0 aromatic heterocycles. The fraction of sp³-hybridized carbons (Fsp3) is 0.111. The molecule has 0 heterocycles. The Hall–Kier alpha value is -2.15. The fourth-order valence-corrected chi connectivity index (χ4v) is 0.844. The first-order valence-electron chi connectivity index (χ1n) is 4.03. The number of hydrogen-bond acceptors (Lipinski definition) is 4. The summed E-state index contributed by atoms with van der Waals surface area (Å²) in [5.41, 5.74) is 10.1. The lowest BCUT2D eigenvalue weighted by molar-refractivity contribution is 0.0696. The van der Waals surface area contributed by atoms with Gasteiger partial charge < -0.3 is 26.4 Å². The smallest absolute Gasteiger partial charge is 0.402 e. The van der Waals surface area contributed by atoms with Crippen molar-refractivity contribution in [2.45, 2.75) is 0 Å². The van der Waals surface area contributed by atoms with E-state index in [1.54, 1.807) is 0 Å². The molecule has 0 saturated heterocycles. The van der Waals surface area contributed by atoms with Gasteiger partial charge in [0.05, 0.1) is 18.4 Å². The number of nitrogens with two attached hydrogens (primary N) is 2. The summed E-state index contributed by atoms with van der Waals surface area (Å²) in [6.45, 7) is 0. The lowest BCUT2D eigenvalue weighted by atomic mass is 10.2.